The molecule has 0 saturated carbocycles. The molecule has 0 aromatic heterocycles. The summed E-state index contributed by atoms with van der Waals surface area (Å²) in [6.45, 7) is 8.78. The van der Waals surface area contributed by atoms with E-state index in [-0.39, 0.29) is 11.9 Å². The first-order valence-corrected chi connectivity index (χ1v) is 7.25. The second kappa shape index (κ2) is 8.09. The molecule has 2 amide bonds. The molecule has 0 aromatic carbocycles. The Labute approximate surface area is 120 Å². The Hall–Kier alpha value is -1.30. The van der Waals surface area contributed by atoms with Crippen LogP contribution < -0.4 is 5.32 Å². The first-order valence-electron chi connectivity index (χ1n) is 7.25. The fourth-order valence-electron chi connectivity index (χ4n) is 2.25. The SMILES string of the molecule is CC(C)COCCCNC(=O)N1C[C@@H](C)[C@H](C(=O)O)C1. The van der Waals surface area contributed by atoms with E-state index in [4.69, 9.17) is 9.84 Å². The van der Waals surface area contributed by atoms with Crippen molar-refractivity contribution < 1.29 is 19.4 Å². The number of carboxylic acids is 1. The number of urea groups is 1. The first kappa shape index (κ1) is 16.8. The number of carbonyl (C=O) groups is 2. The van der Waals surface area contributed by atoms with E-state index in [2.05, 4.69) is 19.2 Å². The van der Waals surface area contributed by atoms with E-state index in [0.29, 0.717) is 32.2 Å². The van der Waals surface area contributed by atoms with Crippen LogP contribution in [0.25, 0.3) is 0 Å². The van der Waals surface area contributed by atoms with Crippen LogP contribution in [0.5, 0.6) is 0 Å². The second-order valence-corrected chi connectivity index (χ2v) is 5.88. The van der Waals surface area contributed by atoms with Gasteiger partial charge in [-0.25, -0.2) is 4.79 Å². The number of aliphatic carboxylic acids is 1. The number of hydrogen-bond donors (Lipinski definition) is 2. The Morgan fingerprint density at radius 3 is 2.65 bits per heavy atom. The van der Waals surface area contributed by atoms with Crippen LogP contribution in [0.1, 0.15) is 27.2 Å². The minimum Gasteiger partial charge on any atom is -0.481 e. The molecule has 0 aromatic rings. The molecule has 2 N–H and O–H groups in total. The number of nitrogens with zero attached hydrogens (tertiary/aromatic N) is 1. The van der Waals surface area contributed by atoms with Gasteiger partial charge in [-0.15, -0.1) is 0 Å². The Kier molecular flexibility index (Phi) is 6.78. The molecule has 0 spiro atoms. The fraction of sp³-hybridized carbons (Fsp3) is 0.857. The quantitative estimate of drug-likeness (QED) is 0.694. The van der Waals surface area contributed by atoms with Gasteiger partial charge in [-0.05, 0) is 18.3 Å². The number of likely N-dealkylation sites (tertiary alicyclic amines) is 1. The van der Waals surface area contributed by atoms with Gasteiger partial charge in [-0.2, -0.15) is 0 Å². The molecule has 1 fully saturated rings. The van der Waals surface area contributed by atoms with Gasteiger partial charge in [0.1, 0.15) is 0 Å². The zero-order chi connectivity index (χ0) is 15.1. The number of carboxylic acid groups (broad SMARTS) is 1. The highest BCUT2D eigenvalue weighted by Crippen LogP contribution is 2.22. The van der Waals surface area contributed by atoms with Crippen molar-refractivity contribution in [1.29, 1.82) is 0 Å². The number of rotatable bonds is 7. The second-order valence-electron chi connectivity index (χ2n) is 5.88. The van der Waals surface area contributed by atoms with E-state index in [9.17, 15) is 9.59 Å². The van der Waals surface area contributed by atoms with Crippen molar-refractivity contribution in [2.75, 3.05) is 32.8 Å². The summed E-state index contributed by atoms with van der Waals surface area (Å²) in [5, 5.41) is 11.8. The average molecular weight is 286 g/mol. The highest BCUT2D eigenvalue weighted by Gasteiger charge is 2.36. The van der Waals surface area contributed by atoms with Crippen molar-refractivity contribution in [3.63, 3.8) is 0 Å². The van der Waals surface area contributed by atoms with Crippen LogP contribution in [0.4, 0.5) is 4.79 Å². The molecule has 20 heavy (non-hydrogen) atoms. The first-order chi connectivity index (χ1) is 9.41. The molecular formula is C14H26N2O4. The van der Waals surface area contributed by atoms with Crippen LogP contribution in [0.3, 0.4) is 0 Å². The molecule has 0 radical (unpaired) electrons. The van der Waals surface area contributed by atoms with Crippen molar-refractivity contribution >= 4 is 12.0 Å². The van der Waals surface area contributed by atoms with Gasteiger partial charge in [0.25, 0.3) is 0 Å². The number of carbonyl (C=O) groups excluding carboxylic acids is 1. The Morgan fingerprint density at radius 2 is 2.10 bits per heavy atom. The van der Waals surface area contributed by atoms with Gasteiger partial charge in [0, 0.05) is 32.8 Å². The number of hydrogen-bond acceptors (Lipinski definition) is 3. The topological polar surface area (TPSA) is 78.9 Å². The van der Waals surface area contributed by atoms with Gasteiger partial charge in [-0.3, -0.25) is 4.79 Å². The summed E-state index contributed by atoms with van der Waals surface area (Å²) >= 11 is 0. The molecule has 2 atom stereocenters. The van der Waals surface area contributed by atoms with Gasteiger partial charge in [0.2, 0.25) is 0 Å². The van der Waals surface area contributed by atoms with Gasteiger partial charge in [0.05, 0.1) is 5.92 Å². The van der Waals surface area contributed by atoms with E-state index in [1.807, 2.05) is 6.92 Å². The maximum Gasteiger partial charge on any atom is 0.317 e. The maximum atomic E-state index is 11.9. The summed E-state index contributed by atoms with van der Waals surface area (Å²) in [5.41, 5.74) is 0. The highest BCUT2D eigenvalue weighted by atomic mass is 16.5. The van der Waals surface area contributed by atoms with E-state index in [1.165, 1.54) is 0 Å². The molecule has 1 aliphatic rings. The third-order valence-corrected chi connectivity index (χ3v) is 3.41. The molecule has 116 valence electrons. The molecule has 0 unspecified atom stereocenters. The molecule has 1 heterocycles. The largest absolute Gasteiger partial charge is 0.481 e. The van der Waals surface area contributed by atoms with Crippen LogP contribution in [0.15, 0.2) is 0 Å². The van der Waals surface area contributed by atoms with Crippen molar-refractivity contribution in [3.8, 4) is 0 Å². The van der Waals surface area contributed by atoms with Crippen LogP contribution in [-0.2, 0) is 9.53 Å². The number of ether oxygens (including phenoxy) is 1. The summed E-state index contributed by atoms with van der Waals surface area (Å²) in [6, 6.07) is -0.176. The zero-order valence-electron chi connectivity index (χ0n) is 12.6. The summed E-state index contributed by atoms with van der Waals surface area (Å²) in [7, 11) is 0. The molecule has 0 aliphatic carbocycles. The Balaban J connectivity index is 2.16. The molecule has 6 heteroatoms. The van der Waals surface area contributed by atoms with Gasteiger partial charge in [-0.1, -0.05) is 20.8 Å². The Morgan fingerprint density at radius 1 is 1.40 bits per heavy atom. The maximum absolute atomic E-state index is 11.9. The predicted molar refractivity (Wildman–Crippen MR) is 75.5 cm³/mol. The smallest absolute Gasteiger partial charge is 0.317 e. The Bertz CT molecular complexity index is 333. The number of amides is 2. The minimum absolute atomic E-state index is 0.00706. The molecule has 6 nitrogen and oxygen atoms in total. The van der Waals surface area contributed by atoms with Gasteiger partial charge in [0.15, 0.2) is 0 Å². The van der Waals surface area contributed by atoms with Crippen molar-refractivity contribution in [3.05, 3.63) is 0 Å². The molecule has 1 rings (SSSR count). The zero-order valence-corrected chi connectivity index (χ0v) is 12.6. The van der Waals surface area contributed by atoms with E-state index < -0.39 is 11.9 Å². The lowest BCUT2D eigenvalue weighted by Crippen LogP contribution is -2.39. The number of nitrogens with one attached hydrogen (secondary N) is 1. The third kappa shape index (κ3) is 5.36. The van der Waals surface area contributed by atoms with Crippen LogP contribution in [0, 0.1) is 17.8 Å². The standard InChI is InChI=1S/C14H26N2O4/c1-10(2)9-20-6-4-5-15-14(19)16-7-11(3)12(8-16)13(17)18/h10-12H,4-9H2,1-3H3,(H,15,19)(H,17,18)/t11-,12-/m1/s1. The van der Waals surface area contributed by atoms with Crippen molar-refractivity contribution in [1.82, 2.24) is 10.2 Å². The third-order valence-electron chi connectivity index (χ3n) is 3.41. The lowest BCUT2D eigenvalue weighted by molar-refractivity contribution is -0.142. The molecular weight excluding hydrogens is 260 g/mol. The van der Waals surface area contributed by atoms with Crippen LogP contribution >= 0.6 is 0 Å². The van der Waals surface area contributed by atoms with Crippen LogP contribution in [0.2, 0.25) is 0 Å². The normalized spacial score (nSPS) is 22.3. The van der Waals surface area contributed by atoms with E-state index >= 15 is 0 Å². The van der Waals surface area contributed by atoms with Crippen LogP contribution in [-0.4, -0.2) is 54.9 Å². The monoisotopic (exact) mass is 286 g/mol. The predicted octanol–water partition coefficient (Wildman–Crippen LogP) is 1.41. The summed E-state index contributed by atoms with van der Waals surface area (Å²) in [4.78, 5) is 24.5. The summed E-state index contributed by atoms with van der Waals surface area (Å²) in [6.07, 6.45) is 0.768. The molecule has 0 bridgehead atoms. The lowest BCUT2D eigenvalue weighted by atomic mass is 9.99. The minimum atomic E-state index is -0.824. The fourth-order valence-corrected chi connectivity index (χ4v) is 2.25. The van der Waals surface area contributed by atoms with E-state index in [0.717, 1.165) is 13.0 Å². The van der Waals surface area contributed by atoms with Crippen molar-refractivity contribution in [2.24, 2.45) is 17.8 Å². The van der Waals surface area contributed by atoms with E-state index in [1.54, 1.807) is 4.90 Å². The lowest BCUT2D eigenvalue weighted by Gasteiger charge is -2.16. The highest BCUT2D eigenvalue weighted by molar-refractivity contribution is 5.77. The molecule has 1 aliphatic heterocycles. The molecule has 1 saturated heterocycles. The van der Waals surface area contributed by atoms with Crippen molar-refractivity contribution in [2.45, 2.75) is 27.2 Å². The van der Waals surface area contributed by atoms with Gasteiger partial charge >= 0.3 is 12.0 Å². The van der Waals surface area contributed by atoms with Gasteiger partial charge < -0.3 is 20.1 Å². The summed E-state index contributed by atoms with van der Waals surface area (Å²) < 4.78 is 5.43. The summed E-state index contributed by atoms with van der Waals surface area (Å²) in [5.74, 6) is -0.749. The average Bonchev–Trinajstić information content (AvgIpc) is 2.75.